The summed E-state index contributed by atoms with van der Waals surface area (Å²) in [6, 6.07) is 20.5. The summed E-state index contributed by atoms with van der Waals surface area (Å²) in [6.45, 7) is 6.94. The fourth-order valence-electron chi connectivity index (χ4n) is 4.33. The number of nitro groups is 1. The topological polar surface area (TPSA) is 77.2 Å². The Kier molecular flexibility index (Phi) is 5.46. The molecule has 6 heteroatoms. The van der Waals surface area contributed by atoms with Crippen LogP contribution in [0.3, 0.4) is 0 Å². The van der Waals surface area contributed by atoms with Gasteiger partial charge >= 0.3 is 0 Å². The number of aryl methyl sites for hydroxylation is 1. The number of anilines is 1. The van der Waals surface area contributed by atoms with Crippen LogP contribution in [0.25, 0.3) is 21.8 Å². The molecule has 158 valence electrons. The maximum absolute atomic E-state index is 13.2. The minimum atomic E-state index is -0.434. The van der Waals surface area contributed by atoms with Crippen molar-refractivity contribution in [1.82, 2.24) is 4.57 Å². The van der Waals surface area contributed by atoms with Crippen LogP contribution in [0.2, 0.25) is 0 Å². The Balaban J connectivity index is 1.67. The number of carbonyl (C=O) groups excluding carboxylic acids is 1. The Morgan fingerprint density at radius 2 is 1.68 bits per heavy atom. The van der Waals surface area contributed by atoms with Crippen LogP contribution in [0.1, 0.15) is 32.3 Å². The number of rotatable bonds is 6. The molecule has 0 aliphatic rings. The summed E-state index contributed by atoms with van der Waals surface area (Å²) in [5.74, 6) is -0.497. The molecule has 0 saturated heterocycles. The monoisotopic (exact) mass is 415 g/mol. The van der Waals surface area contributed by atoms with Gasteiger partial charge in [-0.2, -0.15) is 0 Å². The number of amides is 1. The summed E-state index contributed by atoms with van der Waals surface area (Å²) >= 11 is 0. The average Bonchev–Trinajstić information content (AvgIpc) is 3.07. The summed E-state index contributed by atoms with van der Waals surface area (Å²) < 4.78 is 2.27. The number of hydrogen-bond donors (Lipinski definition) is 1. The van der Waals surface area contributed by atoms with Gasteiger partial charge in [-0.05, 0) is 42.7 Å². The molecule has 0 bridgehead atoms. The van der Waals surface area contributed by atoms with Gasteiger partial charge in [-0.25, -0.2) is 0 Å². The van der Waals surface area contributed by atoms with Gasteiger partial charge in [0.05, 0.1) is 10.8 Å². The van der Waals surface area contributed by atoms with Crippen molar-refractivity contribution in [3.63, 3.8) is 0 Å². The number of fused-ring (bicyclic) bond motifs is 3. The molecule has 6 nitrogen and oxygen atoms in total. The molecular formula is C25H25N3O3. The van der Waals surface area contributed by atoms with E-state index in [-0.39, 0.29) is 17.5 Å². The molecular weight excluding hydrogens is 390 g/mol. The molecule has 4 rings (SSSR count). The molecule has 0 radical (unpaired) electrons. The van der Waals surface area contributed by atoms with E-state index in [9.17, 15) is 14.9 Å². The van der Waals surface area contributed by atoms with Gasteiger partial charge in [0.2, 0.25) is 5.91 Å². The fraction of sp³-hybridized carbons (Fsp3) is 0.240. The summed E-state index contributed by atoms with van der Waals surface area (Å²) in [5, 5.41) is 16.3. The summed E-state index contributed by atoms with van der Waals surface area (Å²) in [7, 11) is 0. The first-order valence-corrected chi connectivity index (χ1v) is 10.5. The number of hydrogen-bond acceptors (Lipinski definition) is 3. The quantitative estimate of drug-likeness (QED) is 0.305. The molecule has 1 atom stereocenters. The van der Waals surface area contributed by atoms with Crippen molar-refractivity contribution in [3.05, 3.63) is 82.4 Å². The first kappa shape index (κ1) is 20.6. The molecule has 1 heterocycles. The Morgan fingerprint density at radius 3 is 2.32 bits per heavy atom. The lowest BCUT2D eigenvalue weighted by molar-refractivity contribution is -0.384. The molecule has 31 heavy (non-hydrogen) atoms. The van der Waals surface area contributed by atoms with Crippen molar-refractivity contribution >= 4 is 39.1 Å². The highest BCUT2D eigenvalue weighted by molar-refractivity contribution is 6.10. The fourth-order valence-corrected chi connectivity index (χ4v) is 4.33. The average molecular weight is 415 g/mol. The normalized spacial score (nSPS) is 12.4. The molecule has 0 aliphatic heterocycles. The molecule has 0 fully saturated rings. The van der Waals surface area contributed by atoms with Crippen LogP contribution in [-0.4, -0.2) is 15.4 Å². The number of non-ortho nitro benzene ring substituents is 1. The van der Waals surface area contributed by atoms with Crippen molar-refractivity contribution < 1.29 is 9.72 Å². The van der Waals surface area contributed by atoms with Crippen LogP contribution in [-0.2, 0) is 11.3 Å². The first-order chi connectivity index (χ1) is 14.9. The lowest BCUT2D eigenvalue weighted by Gasteiger charge is -2.21. The molecule has 3 aromatic carbocycles. The molecule has 4 aromatic rings. The van der Waals surface area contributed by atoms with Crippen LogP contribution in [0.15, 0.2) is 66.7 Å². The SMILES string of the molecule is CCn1c2ccccc2c2cc(NC(=O)C(c3ccc([N+](=O)[O-])cc3)C(C)C)ccc21. The van der Waals surface area contributed by atoms with E-state index in [4.69, 9.17) is 0 Å². The number of nitrogens with zero attached hydrogens (tertiary/aromatic N) is 2. The molecule has 0 aliphatic carbocycles. The summed E-state index contributed by atoms with van der Waals surface area (Å²) in [6.07, 6.45) is 0. The molecule has 1 amide bonds. The number of benzene rings is 3. The largest absolute Gasteiger partial charge is 0.341 e. The van der Waals surface area contributed by atoms with E-state index in [0.29, 0.717) is 0 Å². The van der Waals surface area contributed by atoms with Crippen molar-refractivity contribution in [2.45, 2.75) is 33.2 Å². The Hall–Kier alpha value is -3.67. The smallest absolute Gasteiger partial charge is 0.269 e. The maximum Gasteiger partial charge on any atom is 0.269 e. The van der Waals surface area contributed by atoms with Gasteiger partial charge in [-0.15, -0.1) is 0 Å². The maximum atomic E-state index is 13.2. The number of nitrogens with one attached hydrogen (secondary N) is 1. The highest BCUT2D eigenvalue weighted by Gasteiger charge is 2.25. The minimum absolute atomic E-state index is 0.0180. The van der Waals surface area contributed by atoms with Crippen LogP contribution >= 0.6 is 0 Å². The van der Waals surface area contributed by atoms with Gasteiger partial charge in [0, 0.05) is 46.2 Å². The second-order valence-corrected chi connectivity index (χ2v) is 8.05. The zero-order valence-electron chi connectivity index (χ0n) is 17.8. The second kappa shape index (κ2) is 8.22. The number of aromatic nitrogens is 1. The highest BCUT2D eigenvalue weighted by atomic mass is 16.6. The highest BCUT2D eigenvalue weighted by Crippen LogP contribution is 2.32. The van der Waals surface area contributed by atoms with Gasteiger partial charge in [0.15, 0.2) is 0 Å². The molecule has 1 aromatic heterocycles. The standard InChI is InChI=1S/C25H25N3O3/c1-4-27-22-8-6-5-7-20(22)21-15-18(11-14-23(21)27)26-25(29)24(16(2)3)17-9-12-19(13-10-17)28(30)31/h5-16,24H,4H2,1-3H3,(H,26,29). The van der Waals surface area contributed by atoms with Gasteiger partial charge in [-0.1, -0.05) is 44.2 Å². The third-order valence-corrected chi connectivity index (χ3v) is 5.77. The Morgan fingerprint density at radius 1 is 1.00 bits per heavy atom. The van der Waals surface area contributed by atoms with Gasteiger partial charge in [0.1, 0.15) is 0 Å². The van der Waals surface area contributed by atoms with Gasteiger partial charge in [-0.3, -0.25) is 14.9 Å². The summed E-state index contributed by atoms with van der Waals surface area (Å²) in [5.41, 5.74) is 3.84. The Bertz CT molecular complexity index is 1270. The van der Waals surface area contributed by atoms with Gasteiger partial charge in [0.25, 0.3) is 5.69 Å². The van der Waals surface area contributed by atoms with Crippen LogP contribution in [0.5, 0.6) is 0 Å². The molecule has 0 spiro atoms. The van der Waals surface area contributed by atoms with E-state index in [0.717, 1.165) is 34.1 Å². The zero-order valence-corrected chi connectivity index (χ0v) is 17.8. The molecule has 0 saturated carbocycles. The first-order valence-electron chi connectivity index (χ1n) is 10.5. The molecule has 1 unspecified atom stereocenters. The number of carbonyl (C=O) groups is 1. The predicted octanol–water partition coefficient (Wildman–Crippen LogP) is 6.10. The van der Waals surface area contributed by atoms with Crippen molar-refractivity contribution in [2.75, 3.05) is 5.32 Å². The van der Waals surface area contributed by atoms with Crippen LogP contribution < -0.4 is 5.32 Å². The van der Waals surface area contributed by atoms with Crippen LogP contribution in [0, 0.1) is 16.0 Å². The van der Waals surface area contributed by atoms with Crippen molar-refractivity contribution in [3.8, 4) is 0 Å². The van der Waals surface area contributed by atoms with E-state index < -0.39 is 10.8 Å². The number of para-hydroxylation sites is 1. The van der Waals surface area contributed by atoms with E-state index >= 15 is 0 Å². The third kappa shape index (κ3) is 3.77. The van der Waals surface area contributed by atoms with E-state index in [1.807, 2.05) is 44.2 Å². The van der Waals surface area contributed by atoms with E-state index in [1.165, 1.54) is 17.6 Å². The number of nitro benzene ring substituents is 1. The van der Waals surface area contributed by atoms with Crippen molar-refractivity contribution in [2.24, 2.45) is 5.92 Å². The lowest BCUT2D eigenvalue weighted by atomic mass is 9.87. The third-order valence-electron chi connectivity index (χ3n) is 5.77. The van der Waals surface area contributed by atoms with Crippen LogP contribution in [0.4, 0.5) is 11.4 Å². The lowest BCUT2D eigenvalue weighted by Crippen LogP contribution is -2.25. The van der Waals surface area contributed by atoms with E-state index in [1.54, 1.807) is 12.1 Å². The summed E-state index contributed by atoms with van der Waals surface area (Å²) in [4.78, 5) is 23.7. The van der Waals surface area contributed by atoms with E-state index in [2.05, 4.69) is 28.9 Å². The second-order valence-electron chi connectivity index (χ2n) is 8.05. The zero-order chi connectivity index (χ0) is 22.1. The van der Waals surface area contributed by atoms with Crippen molar-refractivity contribution in [1.29, 1.82) is 0 Å². The molecule has 1 N–H and O–H groups in total. The predicted molar refractivity (Wildman–Crippen MR) is 124 cm³/mol. The van der Waals surface area contributed by atoms with Gasteiger partial charge < -0.3 is 9.88 Å². The minimum Gasteiger partial charge on any atom is -0.341 e. The Labute approximate surface area is 180 Å².